The van der Waals surface area contributed by atoms with E-state index in [-0.39, 0.29) is 24.5 Å². The van der Waals surface area contributed by atoms with E-state index in [0.717, 1.165) is 17.7 Å². The molecule has 2 amide bonds. The standard InChI is InChI=1S/C20H22N2O4/c1-25-18-9-7-14(8-10-18)15-11-17(21-19(23)12-15)13-26-20(24)22-16-5-3-2-4-6-16/h2-10,15,17H,11-13H2,1H3,(H,21,23)(H,22,24)/t15-,17-/m0/s1. The van der Waals surface area contributed by atoms with Crippen molar-refractivity contribution in [1.82, 2.24) is 5.32 Å². The zero-order valence-electron chi connectivity index (χ0n) is 14.6. The monoisotopic (exact) mass is 354 g/mol. The van der Waals surface area contributed by atoms with Gasteiger partial charge in [0.25, 0.3) is 0 Å². The van der Waals surface area contributed by atoms with E-state index in [1.807, 2.05) is 42.5 Å². The summed E-state index contributed by atoms with van der Waals surface area (Å²) in [7, 11) is 1.62. The third kappa shape index (κ3) is 4.75. The summed E-state index contributed by atoms with van der Waals surface area (Å²) >= 11 is 0. The Morgan fingerprint density at radius 1 is 1.15 bits per heavy atom. The van der Waals surface area contributed by atoms with Crippen molar-refractivity contribution in [1.29, 1.82) is 0 Å². The van der Waals surface area contributed by atoms with Crippen LogP contribution in [0.4, 0.5) is 10.5 Å². The average Bonchev–Trinajstić information content (AvgIpc) is 2.67. The second kappa shape index (κ2) is 8.38. The van der Waals surface area contributed by atoms with Crippen LogP contribution in [0.5, 0.6) is 5.75 Å². The van der Waals surface area contributed by atoms with Crippen LogP contribution >= 0.6 is 0 Å². The average molecular weight is 354 g/mol. The molecule has 0 spiro atoms. The second-order valence-corrected chi connectivity index (χ2v) is 6.26. The smallest absolute Gasteiger partial charge is 0.411 e. The molecule has 2 aromatic carbocycles. The maximum Gasteiger partial charge on any atom is 0.411 e. The van der Waals surface area contributed by atoms with Gasteiger partial charge in [-0.1, -0.05) is 30.3 Å². The maximum absolute atomic E-state index is 12.0. The summed E-state index contributed by atoms with van der Waals surface area (Å²) in [6.45, 7) is 0.136. The van der Waals surface area contributed by atoms with Gasteiger partial charge in [-0.25, -0.2) is 4.79 Å². The highest BCUT2D eigenvalue weighted by Gasteiger charge is 2.28. The molecule has 6 nitrogen and oxygen atoms in total. The van der Waals surface area contributed by atoms with Crippen LogP contribution in [0.25, 0.3) is 0 Å². The van der Waals surface area contributed by atoms with Crippen molar-refractivity contribution >= 4 is 17.7 Å². The van der Waals surface area contributed by atoms with E-state index in [0.29, 0.717) is 12.1 Å². The molecule has 1 heterocycles. The highest BCUT2D eigenvalue weighted by Crippen LogP contribution is 2.29. The number of piperidine rings is 1. The van der Waals surface area contributed by atoms with E-state index >= 15 is 0 Å². The molecule has 26 heavy (non-hydrogen) atoms. The van der Waals surface area contributed by atoms with Crippen LogP contribution in [0.2, 0.25) is 0 Å². The minimum Gasteiger partial charge on any atom is -0.497 e. The van der Waals surface area contributed by atoms with E-state index in [9.17, 15) is 9.59 Å². The lowest BCUT2D eigenvalue weighted by Gasteiger charge is -2.29. The molecule has 3 rings (SSSR count). The fraction of sp³-hybridized carbons (Fsp3) is 0.300. The van der Waals surface area contributed by atoms with Crippen LogP contribution in [0.3, 0.4) is 0 Å². The van der Waals surface area contributed by atoms with Crippen LogP contribution < -0.4 is 15.4 Å². The lowest BCUT2D eigenvalue weighted by atomic mass is 9.86. The van der Waals surface area contributed by atoms with E-state index in [2.05, 4.69) is 10.6 Å². The molecule has 0 aromatic heterocycles. The first-order valence-electron chi connectivity index (χ1n) is 8.56. The molecular formula is C20H22N2O4. The Morgan fingerprint density at radius 3 is 2.58 bits per heavy atom. The highest BCUT2D eigenvalue weighted by molar-refractivity contribution is 5.84. The molecule has 1 saturated heterocycles. The van der Waals surface area contributed by atoms with Crippen molar-refractivity contribution in [2.75, 3.05) is 19.0 Å². The third-order valence-electron chi connectivity index (χ3n) is 4.39. The molecule has 2 atom stereocenters. The van der Waals surface area contributed by atoms with E-state index in [4.69, 9.17) is 9.47 Å². The normalized spacial score (nSPS) is 19.3. The quantitative estimate of drug-likeness (QED) is 0.864. The summed E-state index contributed by atoms with van der Waals surface area (Å²) in [4.78, 5) is 23.9. The Balaban J connectivity index is 1.54. The predicted molar refractivity (Wildman–Crippen MR) is 98.3 cm³/mol. The first-order chi connectivity index (χ1) is 12.6. The number of para-hydroxylation sites is 1. The summed E-state index contributed by atoms with van der Waals surface area (Å²) in [5.74, 6) is 0.848. The zero-order chi connectivity index (χ0) is 18.4. The number of methoxy groups -OCH3 is 1. The van der Waals surface area contributed by atoms with Gasteiger partial charge in [0.05, 0.1) is 13.2 Å². The number of ether oxygens (including phenoxy) is 2. The van der Waals surface area contributed by atoms with Gasteiger partial charge in [-0.2, -0.15) is 0 Å². The Bertz CT molecular complexity index is 746. The number of hydrogen-bond acceptors (Lipinski definition) is 4. The fourth-order valence-electron chi connectivity index (χ4n) is 3.09. The van der Waals surface area contributed by atoms with Gasteiger partial charge >= 0.3 is 6.09 Å². The summed E-state index contributed by atoms with van der Waals surface area (Å²) in [6.07, 6.45) is 0.618. The van der Waals surface area contributed by atoms with Gasteiger partial charge in [0.15, 0.2) is 0 Å². The fourth-order valence-corrected chi connectivity index (χ4v) is 3.09. The molecule has 2 aromatic rings. The van der Waals surface area contributed by atoms with Crippen molar-refractivity contribution < 1.29 is 19.1 Å². The number of hydrogen-bond donors (Lipinski definition) is 2. The highest BCUT2D eigenvalue weighted by atomic mass is 16.5. The summed E-state index contributed by atoms with van der Waals surface area (Å²) in [6, 6.07) is 16.6. The van der Waals surface area contributed by atoms with Gasteiger partial charge in [0.2, 0.25) is 5.91 Å². The summed E-state index contributed by atoms with van der Waals surface area (Å²) < 4.78 is 10.4. The van der Waals surface area contributed by atoms with Crippen LogP contribution in [-0.4, -0.2) is 31.8 Å². The molecule has 0 unspecified atom stereocenters. The molecule has 0 bridgehead atoms. The second-order valence-electron chi connectivity index (χ2n) is 6.26. The predicted octanol–water partition coefficient (Wildman–Crippen LogP) is 3.31. The number of nitrogens with one attached hydrogen (secondary N) is 2. The van der Waals surface area contributed by atoms with Gasteiger partial charge in [-0.05, 0) is 42.2 Å². The molecule has 0 aliphatic carbocycles. The minimum atomic E-state index is -0.531. The number of amides is 2. The van der Waals surface area contributed by atoms with Crippen molar-refractivity contribution in [2.24, 2.45) is 0 Å². The van der Waals surface area contributed by atoms with Gasteiger partial charge in [-0.15, -0.1) is 0 Å². The van der Waals surface area contributed by atoms with Crippen LogP contribution in [0, 0.1) is 0 Å². The number of carbonyl (C=O) groups excluding carboxylic acids is 2. The topological polar surface area (TPSA) is 76.7 Å². The zero-order valence-corrected chi connectivity index (χ0v) is 14.6. The van der Waals surface area contributed by atoms with E-state index in [1.165, 1.54) is 0 Å². The SMILES string of the molecule is COc1ccc([C@@H]2CC(=O)N[C@H](COC(=O)Nc3ccccc3)C2)cc1. The molecular weight excluding hydrogens is 332 g/mol. The first-order valence-corrected chi connectivity index (χ1v) is 8.56. The van der Waals surface area contributed by atoms with Crippen molar-refractivity contribution in [2.45, 2.75) is 24.8 Å². The number of anilines is 1. The van der Waals surface area contributed by atoms with Crippen LogP contribution in [0.1, 0.15) is 24.3 Å². The van der Waals surface area contributed by atoms with Crippen molar-refractivity contribution in [3.63, 3.8) is 0 Å². The molecule has 1 fully saturated rings. The van der Waals surface area contributed by atoms with Gasteiger partial charge < -0.3 is 14.8 Å². The number of carbonyl (C=O) groups is 2. The third-order valence-corrected chi connectivity index (χ3v) is 4.39. The number of rotatable bonds is 5. The van der Waals surface area contributed by atoms with Gasteiger partial charge in [0, 0.05) is 12.1 Å². The molecule has 0 saturated carbocycles. The minimum absolute atomic E-state index is 0.0332. The largest absolute Gasteiger partial charge is 0.497 e. The van der Waals surface area contributed by atoms with Gasteiger partial charge in [0.1, 0.15) is 12.4 Å². The number of benzene rings is 2. The van der Waals surface area contributed by atoms with E-state index in [1.54, 1.807) is 19.2 Å². The molecule has 1 aliphatic rings. The summed E-state index contributed by atoms with van der Waals surface area (Å²) in [5.41, 5.74) is 1.75. The van der Waals surface area contributed by atoms with Crippen LogP contribution in [0.15, 0.2) is 54.6 Å². The molecule has 2 N–H and O–H groups in total. The van der Waals surface area contributed by atoms with Crippen molar-refractivity contribution in [3.8, 4) is 5.75 Å². The van der Waals surface area contributed by atoms with Crippen molar-refractivity contribution in [3.05, 3.63) is 60.2 Å². The Hall–Kier alpha value is -3.02. The molecule has 0 radical (unpaired) electrons. The first kappa shape index (κ1) is 17.8. The lowest BCUT2D eigenvalue weighted by molar-refractivity contribution is -0.124. The lowest BCUT2D eigenvalue weighted by Crippen LogP contribution is -2.44. The van der Waals surface area contributed by atoms with Gasteiger partial charge in [-0.3, -0.25) is 10.1 Å². The van der Waals surface area contributed by atoms with E-state index < -0.39 is 6.09 Å². The Kier molecular flexibility index (Phi) is 5.73. The maximum atomic E-state index is 12.0. The summed E-state index contributed by atoms with van der Waals surface area (Å²) in [5, 5.41) is 5.55. The van der Waals surface area contributed by atoms with Crippen LogP contribution in [-0.2, 0) is 9.53 Å². The molecule has 6 heteroatoms. The Morgan fingerprint density at radius 2 is 1.88 bits per heavy atom. The Labute approximate surface area is 152 Å². The molecule has 136 valence electrons. The molecule has 1 aliphatic heterocycles.